The number of nitrogens with two attached hydrogens (primary N) is 1. The molecule has 0 unspecified atom stereocenters. The van der Waals surface area contributed by atoms with Gasteiger partial charge >= 0.3 is 5.97 Å². The second-order valence-corrected chi connectivity index (χ2v) is 5.46. The molecule has 20 heavy (non-hydrogen) atoms. The monoisotopic (exact) mass is 326 g/mol. The topological polar surface area (TPSA) is 136 Å². The van der Waals surface area contributed by atoms with Gasteiger partial charge in [-0.1, -0.05) is 16.5 Å². The van der Waals surface area contributed by atoms with Gasteiger partial charge < -0.3 is 10.8 Å². The van der Waals surface area contributed by atoms with Gasteiger partial charge in [-0.2, -0.15) is 0 Å². The van der Waals surface area contributed by atoms with Crippen molar-refractivity contribution in [1.82, 2.24) is 4.89 Å². The summed E-state index contributed by atoms with van der Waals surface area (Å²) in [5, 5.41) is 8.42. The van der Waals surface area contributed by atoms with Crippen molar-refractivity contribution < 1.29 is 32.3 Å². The predicted octanol–water partition coefficient (Wildman–Crippen LogP) is -0.128. The molecule has 0 saturated carbocycles. The van der Waals surface area contributed by atoms with E-state index in [4.69, 9.17) is 22.4 Å². The third kappa shape index (κ3) is 3.87. The molecule has 1 rings (SSSR count). The van der Waals surface area contributed by atoms with E-state index in [0.717, 1.165) is 6.07 Å². The molecule has 0 bridgehead atoms. The van der Waals surface area contributed by atoms with Crippen LogP contribution in [0.3, 0.4) is 0 Å². The Morgan fingerprint density at radius 1 is 1.45 bits per heavy atom. The van der Waals surface area contributed by atoms with Crippen molar-refractivity contribution in [3.8, 4) is 0 Å². The molecule has 110 valence electrons. The summed E-state index contributed by atoms with van der Waals surface area (Å²) in [6.07, 6.45) is 0. The summed E-state index contributed by atoms with van der Waals surface area (Å²) in [4.78, 5) is 25.8. The minimum atomic E-state index is -4.57. The predicted molar refractivity (Wildman–Crippen MR) is 63.8 cm³/mol. The average Bonchev–Trinajstić information content (AvgIpc) is 2.30. The van der Waals surface area contributed by atoms with Gasteiger partial charge in [0, 0.05) is 5.02 Å². The lowest BCUT2D eigenvalue weighted by Crippen LogP contribution is -2.30. The van der Waals surface area contributed by atoms with Crippen LogP contribution in [-0.4, -0.2) is 32.0 Å². The van der Waals surface area contributed by atoms with Crippen LogP contribution in [0.2, 0.25) is 5.02 Å². The maximum absolute atomic E-state index is 13.8. The molecule has 0 aromatic heterocycles. The van der Waals surface area contributed by atoms with Gasteiger partial charge in [-0.3, -0.25) is 9.63 Å². The summed E-state index contributed by atoms with van der Waals surface area (Å²) in [5.41, 5.74) is 3.78. The molecule has 0 aliphatic heterocycles. The maximum Gasteiger partial charge on any atom is 0.338 e. The summed E-state index contributed by atoms with van der Waals surface area (Å²) < 4.78 is 37.1. The van der Waals surface area contributed by atoms with Crippen LogP contribution in [0.15, 0.2) is 17.0 Å². The standard InChI is InChI=1S/C9H8ClFN2O6S/c10-4-1-5(9(15)16)8(11)6(2-4)20(17,18)13-19-3-7(12)14/h1-2,13H,3H2,(H2,12,14)(H,15,16). The Bertz CT molecular complexity index is 663. The molecule has 0 heterocycles. The number of carbonyl (C=O) groups excluding carboxylic acids is 1. The van der Waals surface area contributed by atoms with Crippen LogP contribution in [-0.2, 0) is 19.7 Å². The quantitative estimate of drug-likeness (QED) is 0.623. The van der Waals surface area contributed by atoms with E-state index < -0.39 is 44.8 Å². The van der Waals surface area contributed by atoms with Crippen molar-refractivity contribution in [2.24, 2.45) is 5.73 Å². The van der Waals surface area contributed by atoms with Gasteiger partial charge in [-0.15, -0.1) is 0 Å². The number of primary amides is 1. The SMILES string of the molecule is NC(=O)CONS(=O)(=O)c1cc(Cl)cc(C(=O)O)c1F. The summed E-state index contributed by atoms with van der Waals surface area (Å²) in [6, 6.07) is 1.45. The van der Waals surface area contributed by atoms with E-state index in [1.54, 1.807) is 0 Å². The minimum Gasteiger partial charge on any atom is -0.478 e. The largest absolute Gasteiger partial charge is 0.478 e. The first-order valence-electron chi connectivity index (χ1n) is 4.79. The van der Waals surface area contributed by atoms with Crippen LogP contribution >= 0.6 is 11.6 Å². The first-order valence-corrected chi connectivity index (χ1v) is 6.65. The van der Waals surface area contributed by atoms with Crippen molar-refractivity contribution >= 4 is 33.5 Å². The summed E-state index contributed by atoms with van der Waals surface area (Å²) >= 11 is 5.52. The Balaban J connectivity index is 3.18. The lowest BCUT2D eigenvalue weighted by Gasteiger charge is -2.09. The molecule has 0 fully saturated rings. The van der Waals surface area contributed by atoms with Crippen LogP contribution in [0.4, 0.5) is 4.39 Å². The molecular weight excluding hydrogens is 319 g/mol. The molecule has 1 aromatic carbocycles. The van der Waals surface area contributed by atoms with E-state index in [0.29, 0.717) is 6.07 Å². The number of halogens is 2. The Morgan fingerprint density at radius 2 is 2.05 bits per heavy atom. The fourth-order valence-corrected chi connectivity index (χ4v) is 2.35. The molecular formula is C9H8ClFN2O6S. The third-order valence-corrected chi connectivity index (χ3v) is 3.34. The van der Waals surface area contributed by atoms with E-state index in [2.05, 4.69) is 4.84 Å². The first-order chi connectivity index (χ1) is 9.15. The Morgan fingerprint density at radius 3 is 2.55 bits per heavy atom. The van der Waals surface area contributed by atoms with Crippen LogP contribution < -0.4 is 10.6 Å². The van der Waals surface area contributed by atoms with E-state index >= 15 is 0 Å². The van der Waals surface area contributed by atoms with Gasteiger partial charge in [0.25, 0.3) is 10.0 Å². The van der Waals surface area contributed by atoms with Gasteiger partial charge in [0.2, 0.25) is 5.91 Å². The van der Waals surface area contributed by atoms with Crippen molar-refractivity contribution in [2.75, 3.05) is 6.61 Å². The lowest BCUT2D eigenvalue weighted by atomic mass is 10.2. The van der Waals surface area contributed by atoms with Gasteiger partial charge in [-0.25, -0.2) is 17.6 Å². The summed E-state index contributed by atoms with van der Waals surface area (Å²) in [5.74, 6) is -4.18. The molecule has 0 aliphatic carbocycles. The van der Waals surface area contributed by atoms with Crippen LogP contribution in [0.25, 0.3) is 0 Å². The second-order valence-electron chi connectivity index (χ2n) is 3.41. The summed E-state index contributed by atoms with van der Waals surface area (Å²) in [6.45, 7) is -0.785. The lowest BCUT2D eigenvalue weighted by molar-refractivity contribution is -0.123. The highest BCUT2D eigenvalue weighted by molar-refractivity contribution is 7.89. The Kier molecular flexibility index (Phi) is 5.00. The molecule has 4 N–H and O–H groups in total. The molecule has 8 nitrogen and oxygen atoms in total. The highest BCUT2D eigenvalue weighted by Gasteiger charge is 2.25. The molecule has 0 saturated heterocycles. The first kappa shape index (κ1) is 16.3. The zero-order valence-corrected chi connectivity index (χ0v) is 11.2. The van der Waals surface area contributed by atoms with Gasteiger partial charge in [0.1, 0.15) is 11.5 Å². The number of carbonyl (C=O) groups is 2. The van der Waals surface area contributed by atoms with Gasteiger partial charge in [-0.05, 0) is 12.1 Å². The van der Waals surface area contributed by atoms with Crippen LogP contribution in [0.1, 0.15) is 10.4 Å². The fourth-order valence-electron chi connectivity index (χ4n) is 1.14. The average molecular weight is 327 g/mol. The number of hydrogen-bond donors (Lipinski definition) is 3. The van der Waals surface area contributed by atoms with E-state index in [-0.39, 0.29) is 5.02 Å². The van der Waals surface area contributed by atoms with Crippen LogP contribution in [0, 0.1) is 5.82 Å². The molecule has 0 radical (unpaired) electrons. The summed E-state index contributed by atoms with van der Waals surface area (Å²) in [7, 11) is -4.57. The number of sulfonamides is 1. The molecule has 1 amide bonds. The fraction of sp³-hybridized carbons (Fsp3) is 0.111. The third-order valence-electron chi connectivity index (χ3n) is 1.91. The van der Waals surface area contributed by atoms with Gasteiger partial charge in [0.15, 0.2) is 5.82 Å². The number of aromatic carboxylic acids is 1. The van der Waals surface area contributed by atoms with Crippen molar-refractivity contribution in [3.05, 3.63) is 28.5 Å². The zero-order valence-electron chi connectivity index (χ0n) is 9.59. The highest BCUT2D eigenvalue weighted by atomic mass is 35.5. The number of benzene rings is 1. The molecule has 0 spiro atoms. The number of nitrogens with one attached hydrogen (secondary N) is 1. The van der Waals surface area contributed by atoms with Crippen molar-refractivity contribution in [3.63, 3.8) is 0 Å². The van der Waals surface area contributed by atoms with Crippen LogP contribution in [0.5, 0.6) is 0 Å². The van der Waals surface area contributed by atoms with Gasteiger partial charge in [0.05, 0.1) is 5.56 Å². The number of carboxylic acid groups (broad SMARTS) is 1. The van der Waals surface area contributed by atoms with E-state index in [1.165, 1.54) is 4.89 Å². The maximum atomic E-state index is 13.8. The molecule has 1 aromatic rings. The second kappa shape index (κ2) is 6.13. The van der Waals surface area contributed by atoms with Crippen molar-refractivity contribution in [2.45, 2.75) is 4.90 Å². The number of carboxylic acids is 1. The minimum absolute atomic E-state index is 0.306. The van der Waals surface area contributed by atoms with Crippen molar-refractivity contribution in [1.29, 1.82) is 0 Å². The molecule has 11 heteroatoms. The van der Waals surface area contributed by atoms with E-state index in [9.17, 15) is 22.4 Å². The number of hydrogen-bond acceptors (Lipinski definition) is 5. The Labute approximate surface area is 117 Å². The molecule has 0 atom stereocenters. The normalized spacial score (nSPS) is 11.3. The number of amides is 1. The molecule has 0 aliphatic rings. The zero-order chi connectivity index (χ0) is 15.5. The number of rotatable bonds is 6. The smallest absolute Gasteiger partial charge is 0.338 e. The highest BCUT2D eigenvalue weighted by Crippen LogP contribution is 2.23. The van der Waals surface area contributed by atoms with E-state index in [1.807, 2.05) is 0 Å². The Hall–Kier alpha value is -1.75.